The molecule has 0 saturated carbocycles. The molecule has 0 atom stereocenters. The van der Waals surface area contributed by atoms with Gasteiger partial charge >= 0.3 is 0 Å². The van der Waals surface area contributed by atoms with Crippen LogP contribution in [0.5, 0.6) is 0 Å². The maximum Gasteiger partial charge on any atom is 0.223 e. The molecule has 21 heavy (non-hydrogen) atoms. The van der Waals surface area contributed by atoms with Crippen LogP contribution < -0.4 is 0 Å². The number of carbonyl (C=O) groups is 1. The second-order valence-corrected chi connectivity index (χ2v) is 5.84. The Labute approximate surface area is 123 Å². The Bertz CT molecular complexity index is 677. The summed E-state index contributed by atoms with van der Waals surface area (Å²) in [4.78, 5) is 18.9. The molecule has 1 aliphatic rings. The highest BCUT2D eigenvalue weighted by molar-refractivity contribution is 5.85. The van der Waals surface area contributed by atoms with Crippen LogP contribution in [0.25, 0.3) is 10.9 Å². The molecule has 2 heterocycles. The summed E-state index contributed by atoms with van der Waals surface area (Å²) in [7, 11) is 3.55. The number of carbonyl (C=O) groups excluding carboxylic acids is 1. The van der Waals surface area contributed by atoms with E-state index in [0.717, 1.165) is 37.0 Å². The monoisotopic (exact) mass is 289 g/mol. The minimum absolute atomic E-state index is 0.144. The molecule has 1 amide bonds. The predicted molar refractivity (Wildman–Crippen MR) is 80.5 cm³/mol. The van der Waals surface area contributed by atoms with Gasteiger partial charge in [0.15, 0.2) is 0 Å². The van der Waals surface area contributed by atoms with Crippen LogP contribution >= 0.6 is 0 Å². The first-order valence-corrected chi connectivity index (χ1v) is 7.26. The van der Waals surface area contributed by atoms with Crippen molar-refractivity contribution < 1.29 is 9.18 Å². The fourth-order valence-electron chi connectivity index (χ4n) is 2.91. The van der Waals surface area contributed by atoms with Gasteiger partial charge in [0.25, 0.3) is 0 Å². The fraction of sp³-hybridized carbons (Fsp3) is 0.438. The van der Waals surface area contributed by atoms with Crippen molar-refractivity contribution in [3.05, 3.63) is 35.3 Å². The van der Waals surface area contributed by atoms with Crippen LogP contribution in [0.15, 0.2) is 18.2 Å². The summed E-state index contributed by atoms with van der Waals surface area (Å²) in [5.74, 6) is -0.0602. The first-order chi connectivity index (χ1) is 10.0. The van der Waals surface area contributed by atoms with E-state index in [4.69, 9.17) is 0 Å². The minimum atomic E-state index is -0.204. The van der Waals surface area contributed by atoms with E-state index in [2.05, 4.69) is 9.88 Å². The maximum atomic E-state index is 13.4. The first kappa shape index (κ1) is 14.1. The van der Waals surface area contributed by atoms with Gasteiger partial charge in [-0.15, -0.1) is 0 Å². The third-order valence-electron chi connectivity index (χ3n) is 4.16. The third kappa shape index (κ3) is 2.78. The number of H-pyrrole nitrogens is 1. The number of hydrogen-bond acceptors (Lipinski definition) is 2. The second kappa shape index (κ2) is 5.48. The summed E-state index contributed by atoms with van der Waals surface area (Å²) in [6.45, 7) is 2.46. The van der Waals surface area contributed by atoms with Gasteiger partial charge in [-0.3, -0.25) is 9.69 Å². The molecule has 1 aromatic heterocycles. The van der Waals surface area contributed by atoms with E-state index in [0.29, 0.717) is 6.42 Å². The molecule has 3 rings (SSSR count). The van der Waals surface area contributed by atoms with Crippen LogP contribution in [0, 0.1) is 5.82 Å². The largest absolute Gasteiger partial charge is 0.358 e. The van der Waals surface area contributed by atoms with Crippen molar-refractivity contribution in [3.8, 4) is 0 Å². The number of nitrogens with zero attached hydrogens (tertiary/aromatic N) is 2. The van der Waals surface area contributed by atoms with E-state index >= 15 is 0 Å². The lowest BCUT2D eigenvalue weighted by Crippen LogP contribution is -2.34. The lowest BCUT2D eigenvalue weighted by Gasteiger charge is -2.27. The van der Waals surface area contributed by atoms with E-state index < -0.39 is 0 Å². The Morgan fingerprint density at radius 2 is 2.24 bits per heavy atom. The third-order valence-corrected chi connectivity index (χ3v) is 4.16. The van der Waals surface area contributed by atoms with Crippen LogP contribution in [0.1, 0.15) is 17.7 Å². The second-order valence-electron chi connectivity index (χ2n) is 5.84. The van der Waals surface area contributed by atoms with Gasteiger partial charge in [-0.25, -0.2) is 4.39 Å². The highest BCUT2D eigenvalue weighted by atomic mass is 19.1. The van der Waals surface area contributed by atoms with Crippen LogP contribution in [-0.2, 0) is 17.8 Å². The van der Waals surface area contributed by atoms with Gasteiger partial charge in [-0.2, -0.15) is 0 Å². The SMILES string of the molecule is CN(C)C(=O)CCN1CCc2[nH]c3ccc(F)cc3c2C1. The van der Waals surface area contributed by atoms with E-state index in [1.165, 1.54) is 17.3 Å². The molecular formula is C16H20FN3O. The quantitative estimate of drug-likeness (QED) is 0.940. The van der Waals surface area contributed by atoms with Gasteiger partial charge in [0.05, 0.1) is 0 Å². The average molecular weight is 289 g/mol. The fourth-order valence-corrected chi connectivity index (χ4v) is 2.91. The summed E-state index contributed by atoms with van der Waals surface area (Å²) in [6, 6.07) is 4.87. The summed E-state index contributed by atoms with van der Waals surface area (Å²) >= 11 is 0. The topological polar surface area (TPSA) is 39.3 Å². The number of aromatic amines is 1. The number of fused-ring (bicyclic) bond motifs is 3. The van der Waals surface area contributed by atoms with Crippen molar-refractivity contribution in [2.45, 2.75) is 19.4 Å². The maximum absolute atomic E-state index is 13.4. The molecule has 112 valence electrons. The zero-order chi connectivity index (χ0) is 15.0. The van der Waals surface area contributed by atoms with Gasteiger partial charge in [0.2, 0.25) is 5.91 Å². The summed E-state index contributed by atoms with van der Waals surface area (Å²) in [5, 5.41) is 0.966. The number of amides is 1. The Hall–Kier alpha value is -1.88. The molecule has 1 N–H and O–H groups in total. The molecule has 0 spiro atoms. The molecule has 1 aliphatic heterocycles. The van der Waals surface area contributed by atoms with Gasteiger partial charge < -0.3 is 9.88 Å². The summed E-state index contributed by atoms with van der Waals surface area (Å²) in [6.07, 6.45) is 1.45. The van der Waals surface area contributed by atoms with E-state index in [1.807, 2.05) is 0 Å². The van der Waals surface area contributed by atoms with E-state index in [1.54, 1.807) is 31.1 Å². The smallest absolute Gasteiger partial charge is 0.223 e. The molecule has 0 aliphatic carbocycles. The van der Waals surface area contributed by atoms with Gasteiger partial charge in [0, 0.05) is 63.2 Å². The number of halogens is 1. The zero-order valence-corrected chi connectivity index (χ0v) is 12.4. The predicted octanol–water partition coefficient (Wildman–Crippen LogP) is 2.14. The van der Waals surface area contributed by atoms with Crippen LogP contribution in [0.4, 0.5) is 4.39 Å². The Morgan fingerprint density at radius 3 is 3.00 bits per heavy atom. The van der Waals surface area contributed by atoms with E-state index in [9.17, 15) is 9.18 Å². The molecule has 0 fully saturated rings. The lowest BCUT2D eigenvalue weighted by atomic mass is 10.0. The normalized spacial score (nSPS) is 15.2. The van der Waals surface area contributed by atoms with Crippen molar-refractivity contribution in [2.24, 2.45) is 0 Å². The van der Waals surface area contributed by atoms with E-state index in [-0.39, 0.29) is 11.7 Å². The first-order valence-electron chi connectivity index (χ1n) is 7.26. The molecule has 2 aromatic rings. The molecular weight excluding hydrogens is 269 g/mol. The molecule has 0 radical (unpaired) electrons. The van der Waals surface area contributed by atoms with Crippen LogP contribution in [0.2, 0.25) is 0 Å². The lowest BCUT2D eigenvalue weighted by molar-refractivity contribution is -0.129. The summed E-state index contributed by atoms with van der Waals surface area (Å²) in [5.41, 5.74) is 3.37. The highest BCUT2D eigenvalue weighted by Crippen LogP contribution is 2.28. The van der Waals surface area contributed by atoms with Crippen molar-refractivity contribution in [3.63, 3.8) is 0 Å². The average Bonchev–Trinajstić information content (AvgIpc) is 2.82. The summed E-state index contributed by atoms with van der Waals surface area (Å²) < 4.78 is 13.4. The minimum Gasteiger partial charge on any atom is -0.358 e. The Balaban J connectivity index is 1.77. The molecule has 1 aromatic carbocycles. The molecule has 0 unspecified atom stereocenters. The van der Waals surface area contributed by atoms with Crippen molar-refractivity contribution in [2.75, 3.05) is 27.2 Å². The number of nitrogens with one attached hydrogen (secondary N) is 1. The number of benzene rings is 1. The highest BCUT2D eigenvalue weighted by Gasteiger charge is 2.21. The van der Waals surface area contributed by atoms with Crippen LogP contribution in [0.3, 0.4) is 0 Å². The van der Waals surface area contributed by atoms with Crippen LogP contribution in [-0.4, -0.2) is 47.9 Å². The van der Waals surface area contributed by atoms with Crippen molar-refractivity contribution in [1.82, 2.24) is 14.8 Å². The molecule has 0 saturated heterocycles. The molecule has 4 nitrogen and oxygen atoms in total. The Kier molecular flexibility index (Phi) is 3.68. The number of rotatable bonds is 3. The van der Waals surface area contributed by atoms with Gasteiger partial charge in [-0.1, -0.05) is 0 Å². The van der Waals surface area contributed by atoms with Gasteiger partial charge in [-0.05, 0) is 23.8 Å². The molecule has 5 heteroatoms. The van der Waals surface area contributed by atoms with Gasteiger partial charge in [0.1, 0.15) is 5.82 Å². The number of hydrogen-bond donors (Lipinski definition) is 1. The van der Waals surface area contributed by atoms with Crippen molar-refractivity contribution in [1.29, 1.82) is 0 Å². The Morgan fingerprint density at radius 1 is 1.43 bits per heavy atom. The zero-order valence-electron chi connectivity index (χ0n) is 12.4. The standard InChI is InChI=1S/C16H20FN3O/c1-19(2)16(21)6-8-20-7-5-15-13(10-20)12-9-11(17)3-4-14(12)18-15/h3-4,9,18H,5-8,10H2,1-2H3. The van der Waals surface area contributed by atoms with Crippen molar-refractivity contribution >= 4 is 16.8 Å². The molecule has 0 bridgehead atoms. The number of aromatic nitrogens is 1.